The number of ether oxygens (including phenoxy) is 2. The van der Waals surface area contributed by atoms with Crippen molar-refractivity contribution >= 4 is 40.8 Å². The molecule has 7 nitrogen and oxygen atoms in total. The summed E-state index contributed by atoms with van der Waals surface area (Å²) in [6, 6.07) is 12.5. The monoisotopic (exact) mass is 475 g/mol. The first-order valence-corrected chi connectivity index (χ1v) is 9.82. The number of hydrogen-bond donors (Lipinski definition) is 1. The van der Waals surface area contributed by atoms with E-state index in [1.165, 1.54) is 0 Å². The highest BCUT2D eigenvalue weighted by molar-refractivity contribution is 6.36. The van der Waals surface area contributed by atoms with Crippen LogP contribution >= 0.6 is 23.2 Å². The molecule has 0 amide bonds. The number of hydrogen-bond acceptors (Lipinski definition) is 7. The van der Waals surface area contributed by atoms with Gasteiger partial charge in [-0.25, -0.2) is 14.0 Å². The number of carbonyl (C=O) groups is 2. The van der Waals surface area contributed by atoms with Crippen molar-refractivity contribution < 1.29 is 23.5 Å². The van der Waals surface area contributed by atoms with E-state index in [1.54, 1.807) is 30.3 Å². The van der Waals surface area contributed by atoms with Gasteiger partial charge in [-0.05, 0) is 11.6 Å². The number of nitriles is 1. The van der Waals surface area contributed by atoms with Crippen LogP contribution in [0.2, 0.25) is 10.0 Å². The van der Waals surface area contributed by atoms with Gasteiger partial charge in [0.15, 0.2) is 0 Å². The number of carbonyl (C=O) groups excluding carboxylic acids is 2. The molecule has 1 unspecified atom stereocenters. The molecule has 164 valence electrons. The Hall–Kier alpha value is -3.54. The molecule has 0 fully saturated rings. The molecule has 0 spiro atoms. The van der Waals surface area contributed by atoms with Crippen molar-refractivity contribution in [1.82, 2.24) is 0 Å². The minimum Gasteiger partial charge on any atom is -0.466 e. The van der Waals surface area contributed by atoms with Gasteiger partial charge in [-0.3, -0.25) is 4.90 Å². The minimum absolute atomic E-state index is 0.0734. The number of anilines is 1. The average molecular weight is 476 g/mol. The van der Waals surface area contributed by atoms with Crippen LogP contribution in [0.15, 0.2) is 65.1 Å². The summed E-state index contributed by atoms with van der Waals surface area (Å²) in [7, 11) is 2.23. The number of methoxy groups -OCH3 is 2. The summed E-state index contributed by atoms with van der Waals surface area (Å²) in [5.74, 6) is -4.02. The minimum atomic E-state index is -1.05. The van der Waals surface area contributed by atoms with Gasteiger partial charge in [-0.1, -0.05) is 53.5 Å². The van der Waals surface area contributed by atoms with Crippen molar-refractivity contribution in [2.24, 2.45) is 5.73 Å². The Bertz CT molecular complexity index is 1210. The van der Waals surface area contributed by atoms with E-state index in [4.69, 9.17) is 38.4 Å². The number of nitrogens with zero attached hydrogens (tertiary/aromatic N) is 2. The Balaban J connectivity index is 2.46. The SMILES string of the molecule is COC(=O)C1=C(C(=O)OC)N(c2cc(F)c(Cl)cc2Cl)C(N)=C(C#N)C1c1ccccc1. The first kappa shape index (κ1) is 23.1. The van der Waals surface area contributed by atoms with Crippen molar-refractivity contribution in [2.45, 2.75) is 5.92 Å². The third-order valence-electron chi connectivity index (χ3n) is 4.84. The average Bonchev–Trinajstić information content (AvgIpc) is 2.80. The maximum atomic E-state index is 14.3. The van der Waals surface area contributed by atoms with E-state index in [1.807, 2.05) is 6.07 Å². The molecule has 1 heterocycles. The van der Waals surface area contributed by atoms with E-state index >= 15 is 0 Å². The van der Waals surface area contributed by atoms with Gasteiger partial charge in [0.2, 0.25) is 0 Å². The smallest absolute Gasteiger partial charge is 0.355 e. The van der Waals surface area contributed by atoms with Crippen molar-refractivity contribution in [3.05, 3.63) is 86.6 Å². The van der Waals surface area contributed by atoms with Gasteiger partial charge >= 0.3 is 11.9 Å². The summed E-state index contributed by atoms with van der Waals surface area (Å²) >= 11 is 12.1. The number of benzene rings is 2. The lowest BCUT2D eigenvalue weighted by molar-refractivity contribution is -0.139. The third-order valence-corrected chi connectivity index (χ3v) is 5.43. The molecule has 32 heavy (non-hydrogen) atoms. The number of esters is 2. The Morgan fingerprint density at radius 2 is 1.72 bits per heavy atom. The molecule has 0 saturated carbocycles. The third kappa shape index (κ3) is 3.88. The van der Waals surface area contributed by atoms with Gasteiger partial charge in [-0.2, -0.15) is 5.26 Å². The van der Waals surface area contributed by atoms with E-state index in [0.717, 1.165) is 31.3 Å². The summed E-state index contributed by atoms with van der Waals surface area (Å²) in [4.78, 5) is 26.8. The maximum Gasteiger partial charge on any atom is 0.355 e. The second-order valence-corrected chi connectivity index (χ2v) is 7.37. The number of nitrogens with two attached hydrogens (primary N) is 1. The molecular weight excluding hydrogens is 460 g/mol. The van der Waals surface area contributed by atoms with Gasteiger partial charge in [0, 0.05) is 6.07 Å². The molecule has 0 bridgehead atoms. The molecule has 10 heteroatoms. The van der Waals surface area contributed by atoms with Crippen molar-refractivity contribution in [3.63, 3.8) is 0 Å². The van der Waals surface area contributed by atoms with Gasteiger partial charge in [0.05, 0.1) is 53.1 Å². The topological polar surface area (TPSA) is 106 Å². The molecule has 1 atom stereocenters. The molecule has 0 saturated heterocycles. The normalized spacial score (nSPS) is 16.0. The van der Waals surface area contributed by atoms with E-state index in [9.17, 15) is 19.2 Å². The first-order valence-electron chi connectivity index (χ1n) is 9.06. The van der Waals surface area contributed by atoms with Crippen LogP contribution in [0, 0.1) is 17.1 Å². The second-order valence-electron chi connectivity index (χ2n) is 6.55. The predicted molar refractivity (Wildman–Crippen MR) is 116 cm³/mol. The fourth-order valence-corrected chi connectivity index (χ4v) is 3.91. The predicted octanol–water partition coefficient (Wildman–Crippen LogP) is 4.03. The molecule has 1 aliphatic rings. The zero-order valence-electron chi connectivity index (χ0n) is 16.9. The number of halogens is 3. The van der Waals surface area contributed by atoms with Crippen LogP contribution in [-0.4, -0.2) is 26.2 Å². The van der Waals surface area contributed by atoms with Crippen LogP contribution in [-0.2, 0) is 19.1 Å². The Morgan fingerprint density at radius 1 is 1.09 bits per heavy atom. The quantitative estimate of drug-likeness (QED) is 0.525. The van der Waals surface area contributed by atoms with Crippen LogP contribution in [0.3, 0.4) is 0 Å². The fourth-order valence-electron chi connectivity index (χ4n) is 3.45. The van der Waals surface area contributed by atoms with E-state index in [0.29, 0.717) is 5.56 Å². The van der Waals surface area contributed by atoms with Crippen molar-refractivity contribution in [1.29, 1.82) is 5.26 Å². The maximum absolute atomic E-state index is 14.3. The molecule has 0 aliphatic carbocycles. The van der Waals surface area contributed by atoms with E-state index < -0.39 is 23.7 Å². The molecule has 1 aliphatic heterocycles. The highest BCUT2D eigenvalue weighted by atomic mass is 35.5. The summed E-state index contributed by atoms with van der Waals surface area (Å²) < 4.78 is 24.1. The van der Waals surface area contributed by atoms with E-state index in [2.05, 4.69) is 0 Å². The molecule has 0 aromatic heterocycles. The van der Waals surface area contributed by atoms with Gasteiger partial charge in [0.1, 0.15) is 17.3 Å². The summed E-state index contributed by atoms with van der Waals surface area (Å²) in [6.07, 6.45) is 0. The lowest BCUT2D eigenvalue weighted by Crippen LogP contribution is -2.41. The molecule has 0 radical (unpaired) electrons. The van der Waals surface area contributed by atoms with Gasteiger partial charge < -0.3 is 15.2 Å². The number of rotatable bonds is 4. The molecule has 3 rings (SSSR count). The van der Waals surface area contributed by atoms with Crippen LogP contribution in [0.25, 0.3) is 0 Å². The number of allylic oxidation sites excluding steroid dienone is 1. The highest BCUT2D eigenvalue weighted by Gasteiger charge is 2.43. The standard InChI is InChI=1S/C22H16Cl2FN3O4/c1-31-21(29)18-17(11-6-4-3-5-7-11)12(10-26)20(27)28(19(18)22(30)32-2)16-9-15(25)13(23)8-14(16)24/h3-9,17H,27H2,1-2H3. The summed E-state index contributed by atoms with van der Waals surface area (Å²) in [5.41, 5.74) is 6.04. The summed E-state index contributed by atoms with van der Waals surface area (Å²) in [5, 5.41) is 9.60. The first-order chi connectivity index (χ1) is 15.3. The Labute approximate surface area is 193 Å². The zero-order valence-corrected chi connectivity index (χ0v) is 18.4. The zero-order chi connectivity index (χ0) is 23.6. The van der Waals surface area contributed by atoms with Crippen molar-refractivity contribution in [2.75, 3.05) is 19.1 Å². The molecule has 2 aromatic rings. The lowest BCUT2D eigenvalue weighted by Gasteiger charge is -2.36. The van der Waals surface area contributed by atoms with Gasteiger partial charge in [-0.15, -0.1) is 0 Å². The van der Waals surface area contributed by atoms with Crippen LogP contribution in [0.4, 0.5) is 10.1 Å². The summed E-state index contributed by atoms with van der Waals surface area (Å²) in [6.45, 7) is 0. The second kappa shape index (κ2) is 9.30. The molecule has 2 aromatic carbocycles. The lowest BCUT2D eigenvalue weighted by atomic mass is 9.81. The van der Waals surface area contributed by atoms with Crippen molar-refractivity contribution in [3.8, 4) is 6.07 Å². The van der Waals surface area contributed by atoms with E-state index in [-0.39, 0.29) is 38.4 Å². The highest BCUT2D eigenvalue weighted by Crippen LogP contribution is 2.45. The van der Waals surface area contributed by atoms with Gasteiger partial charge in [0.25, 0.3) is 0 Å². The Kier molecular flexibility index (Phi) is 6.72. The van der Waals surface area contributed by atoms with Crippen LogP contribution in [0.5, 0.6) is 0 Å². The fraction of sp³-hybridized carbons (Fsp3) is 0.136. The van der Waals surface area contributed by atoms with Crippen LogP contribution < -0.4 is 10.6 Å². The largest absolute Gasteiger partial charge is 0.466 e. The molecular formula is C22H16Cl2FN3O4. The Morgan fingerprint density at radius 3 is 2.28 bits per heavy atom. The molecule has 2 N–H and O–H groups in total. The van der Waals surface area contributed by atoms with Crippen LogP contribution in [0.1, 0.15) is 11.5 Å².